The molecular weight excluding hydrogens is 453 g/mol. The van der Waals surface area contributed by atoms with Gasteiger partial charge in [-0.05, 0) is 67.5 Å². The van der Waals surface area contributed by atoms with E-state index in [0.717, 1.165) is 5.46 Å². The van der Waals surface area contributed by atoms with Crippen molar-refractivity contribution in [2.45, 2.75) is 58.2 Å². The molecule has 0 spiro atoms. The highest BCUT2D eigenvalue weighted by atomic mass is 16.7. The van der Waals surface area contributed by atoms with E-state index in [1.54, 1.807) is 0 Å². The van der Waals surface area contributed by atoms with Crippen molar-refractivity contribution < 1.29 is 9.31 Å². The molecule has 0 amide bonds. The molecule has 8 rings (SSSR count). The summed E-state index contributed by atoms with van der Waals surface area (Å²) in [5.41, 5.74) is 12.1. The van der Waals surface area contributed by atoms with Gasteiger partial charge < -0.3 is 13.9 Å². The maximum Gasteiger partial charge on any atom is 0.495 e. The van der Waals surface area contributed by atoms with Gasteiger partial charge in [0.2, 0.25) is 0 Å². The van der Waals surface area contributed by atoms with Gasteiger partial charge in [0.15, 0.2) is 0 Å². The van der Waals surface area contributed by atoms with E-state index in [0.29, 0.717) is 0 Å². The van der Waals surface area contributed by atoms with E-state index >= 15 is 0 Å². The van der Waals surface area contributed by atoms with Gasteiger partial charge in [-0.2, -0.15) is 0 Å². The molecule has 0 unspecified atom stereocenters. The first-order valence-corrected chi connectivity index (χ1v) is 13.3. The third-order valence-electron chi connectivity index (χ3n) is 9.59. The fourth-order valence-corrected chi connectivity index (χ4v) is 6.98. The van der Waals surface area contributed by atoms with Crippen LogP contribution >= 0.6 is 0 Å². The molecule has 4 aromatic carbocycles. The highest BCUT2D eigenvalue weighted by Crippen LogP contribution is 2.57. The van der Waals surface area contributed by atoms with Crippen LogP contribution in [0.15, 0.2) is 72.8 Å². The predicted octanol–water partition coefficient (Wildman–Crippen LogP) is 7.37. The van der Waals surface area contributed by atoms with Crippen molar-refractivity contribution in [3.05, 3.63) is 83.9 Å². The zero-order valence-corrected chi connectivity index (χ0v) is 22.3. The van der Waals surface area contributed by atoms with Gasteiger partial charge >= 0.3 is 7.12 Å². The number of rotatable bonds is 1. The van der Waals surface area contributed by atoms with Gasteiger partial charge in [0.1, 0.15) is 0 Å². The molecular formula is C33H30BNO2. The molecule has 4 heteroatoms. The van der Waals surface area contributed by atoms with Crippen molar-refractivity contribution in [2.75, 3.05) is 0 Å². The molecule has 0 saturated carbocycles. The minimum atomic E-state index is -0.418. The highest BCUT2D eigenvalue weighted by molar-refractivity contribution is 6.66. The third-order valence-corrected chi connectivity index (χ3v) is 9.59. The van der Waals surface area contributed by atoms with E-state index in [-0.39, 0.29) is 5.41 Å². The molecule has 1 aliphatic carbocycles. The van der Waals surface area contributed by atoms with Crippen LogP contribution in [-0.4, -0.2) is 22.9 Å². The lowest BCUT2D eigenvalue weighted by molar-refractivity contribution is 0.00578. The largest absolute Gasteiger partial charge is 0.495 e. The van der Waals surface area contributed by atoms with Gasteiger partial charge in [-0.3, -0.25) is 0 Å². The lowest BCUT2D eigenvalue weighted by Crippen LogP contribution is -2.41. The molecule has 0 radical (unpaired) electrons. The maximum atomic E-state index is 6.58. The number of fused-ring (bicyclic) bond motifs is 6. The monoisotopic (exact) mass is 483 g/mol. The van der Waals surface area contributed by atoms with Gasteiger partial charge in [-0.15, -0.1) is 0 Å². The average molecular weight is 483 g/mol. The van der Waals surface area contributed by atoms with Crippen LogP contribution in [-0.2, 0) is 14.7 Å². The molecule has 1 aromatic heterocycles. The van der Waals surface area contributed by atoms with E-state index in [9.17, 15) is 0 Å². The Morgan fingerprint density at radius 1 is 0.649 bits per heavy atom. The molecule has 3 heterocycles. The lowest BCUT2D eigenvalue weighted by Gasteiger charge is -2.32. The Bertz CT molecular complexity index is 1810. The second-order valence-corrected chi connectivity index (χ2v) is 12.4. The summed E-state index contributed by atoms with van der Waals surface area (Å²) in [5, 5.41) is 2.48. The number of benzene rings is 4. The quantitative estimate of drug-likeness (QED) is 0.228. The molecule has 0 atom stereocenters. The summed E-state index contributed by atoms with van der Waals surface area (Å²) in [5.74, 6) is 0. The molecule has 3 nitrogen and oxygen atoms in total. The minimum Gasteiger partial charge on any atom is -0.399 e. The van der Waals surface area contributed by atoms with Crippen LogP contribution in [0.3, 0.4) is 0 Å². The van der Waals surface area contributed by atoms with Crippen molar-refractivity contribution in [1.29, 1.82) is 0 Å². The fraction of sp³-hybridized carbons (Fsp3) is 0.273. The number of aromatic nitrogens is 1. The first-order chi connectivity index (χ1) is 17.6. The minimum absolute atomic E-state index is 0.0585. The summed E-state index contributed by atoms with van der Waals surface area (Å²) in [6.07, 6.45) is 0. The van der Waals surface area contributed by atoms with E-state index in [2.05, 4.69) is 119 Å². The SMILES string of the molecule is CC1(C)c2cccc3c2-c2c1ccc1c4c(B5OC(C)(C)C(C)(C)O5)cccc4n(c21)-c1ccccc1-3. The summed E-state index contributed by atoms with van der Waals surface area (Å²) in [4.78, 5) is 0. The Balaban J connectivity index is 1.56. The Hall–Kier alpha value is -3.34. The standard InChI is InChI=1S/C33H30BNO2/c1-31(2)22-13-9-12-20-19-11-7-8-15-25(19)35-26-16-10-14-24(34-36-32(3,4)33(5,6)37-34)28(26)21-17-18-23(31)29(27(20)22)30(21)35/h7-18H,1-6H3. The second kappa shape index (κ2) is 6.56. The zero-order chi connectivity index (χ0) is 25.5. The van der Waals surface area contributed by atoms with Crippen molar-refractivity contribution in [2.24, 2.45) is 0 Å². The predicted molar refractivity (Wildman–Crippen MR) is 153 cm³/mol. The van der Waals surface area contributed by atoms with Crippen molar-refractivity contribution in [3.63, 3.8) is 0 Å². The second-order valence-electron chi connectivity index (χ2n) is 12.4. The summed E-state index contributed by atoms with van der Waals surface area (Å²) in [7, 11) is -0.418. The molecule has 37 heavy (non-hydrogen) atoms. The summed E-state index contributed by atoms with van der Waals surface area (Å²) in [6, 6.07) is 27.0. The Morgan fingerprint density at radius 2 is 1.32 bits per heavy atom. The maximum absolute atomic E-state index is 6.58. The number of hydrogen-bond donors (Lipinski definition) is 0. The zero-order valence-electron chi connectivity index (χ0n) is 22.3. The van der Waals surface area contributed by atoms with Crippen LogP contribution in [0.5, 0.6) is 0 Å². The van der Waals surface area contributed by atoms with Gasteiger partial charge in [0, 0.05) is 27.3 Å². The molecule has 2 aliphatic heterocycles. The van der Waals surface area contributed by atoms with E-state index in [1.807, 2.05) is 0 Å². The van der Waals surface area contributed by atoms with Crippen molar-refractivity contribution >= 4 is 34.4 Å². The van der Waals surface area contributed by atoms with Gasteiger partial charge in [-0.25, -0.2) is 0 Å². The Labute approximate surface area is 218 Å². The van der Waals surface area contributed by atoms with Crippen LogP contribution in [0.25, 0.3) is 49.7 Å². The number of para-hydroxylation sites is 1. The van der Waals surface area contributed by atoms with Crippen molar-refractivity contribution in [3.8, 4) is 27.9 Å². The van der Waals surface area contributed by atoms with E-state index < -0.39 is 18.3 Å². The van der Waals surface area contributed by atoms with Crippen LogP contribution in [0.2, 0.25) is 0 Å². The topological polar surface area (TPSA) is 23.4 Å². The van der Waals surface area contributed by atoms with Crippen LogP contribution in [0, 0.1) is 0 Å². The van der Waals surface area contributed by atoms with Crippen LogP contribution in [0.1, 0.15) is 52.7 Å². The first-order valence-electron chi connectivity index (χ1n) is 13.3. The third kappa shape index (κ3) is 2.46. The number of nitrogens with zero attached hydrogens (tertiary/aromatic N) is 1. The van der Waals surface area contributed by atoms with Crippen LogP contribution in [0.4, 0.5) is 0 Å². The van der Waals surface area contributed by atoms with Crippen LogP contribution < -0.4 is 5.46 Å². The Morgan fingerprint density at radius 3 is 2.11 bits per heavy atom. The smallest absolute Gasteiger partial charge is 0.399 e. The normalized spacial score (nSPS) is 19.5. The summed E-state index contributed by atoms with van der Waals surface area (Å²) >= 11 is 0. The molecule has 1 fully saturated rings. The summed E-state index contributed by atoms with van der Waals surface area (Å²) in [6.45, 7) is 13.2. The molecule has 1 saturated heterocycles. The lowest BCUT2D eigenvalue weighted by atomic mass is 9.76. The number of hydrogen-bond acceptors (Lipinski definition) is 2. The molecule has 0 N–H and O–H groups in total. The van der Waals surface area contributed by atoms with Gasteiger partial charge in [-0.1, -0.05) is 74.5 Å². The fourth-order valence-electron chi connectivity index (χ4n) is 6.98. The van der Waals surface area contributed by atoms with Gasteiger partial charge in [0.25, 0.3) is 0 Å². The molecule has 0 bridgehead atoms. The van der Waals surface area contributed by atoms with E-state index in [4.69, 9.17) is 9.31 Å². The van der Waals surface area contributed by atoms with Gasteiger partial charge in [0.05, 0.1) is 27.9 Å². The Kier molecular flexibility index (Phi) is 3.85. The summed E-state index contributed by atoms with van der Waals surface area (Å²) < 4.78 is 15.7. The molecule has 3 aliphatic rings. The van der Waals surface area contributed by atoms with E-state index in [1.165, 1.54) is 60.9 Å². The molecule has 5 aromatic rings. The first kappa shape index (κ1) is 21.7. The van der Waals surface area contributed by atoms with Crippen molar-refractivity contribution in [1.82, 2.24) is 4.57 Å². The highest BCUT2D eigenvalue weighted by Gasteiger charge is 2.52. The average Bonchev–Trinajstić information content (AvgIpc) is 3.36. The molecule has 182 valence electrons.